The molecule has 1 aromatic carbocycles. The summed E-state index contributed by atoms with van der Waals surface area (Å²) in [5, 5.41) is 9.97. The van der Waals surface area contributed by atoms with E-state index in [1.165, 1.54) is 6.08 Å². The summed E-state index contributed by atoms with van der Waals surface area (Å²) in [6.45, 7) is 4.06. The highest BCUT2D eigenvalue weighted by atomic mass is 16.7. The molecular formula is C17H24O5. The first-order valence-corrected chi connectivity index (χ1v) is 7.36. The molecule has 5 atom stereocenters. The van der Waals surface area contributed by atoms with Gasteiger partial charge in [0, 0.05) is 20.6 Å². The predicted molar refractivity (Wildman–Crippen MR) is 82.3 cm³/mol. The van der Waals surface area contributed by atoms with Crippen LogP contribution in [0.15, 0.2) is 43.0 Å². The summed E-state index contributed by atoms with van der Waals surface area (Å²) in [6.07, 6.45) is -0.383. The van der Waals surface area contributed by atoms with Gasteiger partial charge >= 0.3 is 0 Å². The molecule has 1 aromatic rings. The number of rotatable bonds is 7. The Morgan fingerprint density at radius 3 is 2.59 bits per heavy atom. The first-order valence-electron chi connectivity index (χ1n) is 7.36. The quantitative estimate of drug-likeness (QED) is 0.780. The van der Waals surface area contributed by atoms with Crippen molar-refractivity contribution in [1.29, 1.82) is 0 Å². The molecule has 122 valence electrons. The SMILES string of the molecule is C=C[C@@H](O)[C@@H]1OC(OC)[C@@H](OCc2ccccc2)C[C@H]1OC. The number of aliphatic hydroxyl groups is 1. The van der Waals surface area contributed by atoms with Crippen LogP contribution in [0, 0.1) is 0 Å². The highest BCUT2D eigenvalue weighted by Gasteiger charge is 2.41. The summed E-state index contributed by atoms with van der Waals surface area (Å²) in [7, 11) is 3.16. The van der Waals surface area contributed by atoms with E-state index in [0.29, 0.717) is 13.0 Å². The molecule has 1 aliphatic heterocycles. The van der Waals surface area contributed by atoms with E-state index in [4.69, 9.17) is 18.9 Å². The van der Waals surface area contributed by atoms with Crippen molar-refractivity contribution >= 4 is 0 Å². The molecule has 0 aliphatic carbocycles. The summed E-state index contributed by atoms with van der Waals surface area (Å²) in [5.41, 5.74) is 1.08. The van der Waals surface area contributed by atoms with Gasteiger partial charge in [0.15, 0.2) is 6.29 Å². The van der Waals surface area contributed by atoms with Crippen molar-refractivity contribution in [1.82, 2.24) is 0 Å². The molecule has 22 heavy (non-hydrogen) atoms. The van der Waals surface area contributed by atoms with Gasteiger partial charge in [0.05, 0.1) is 12.7 Å². The van der Waals surface area contributed by atoms with Crippen LogP contribution < -0.4 is 0 Å². The summed E-state index contributed by atoms with van der Waals surface area (Å²) < 4.78 is 22.5. The van der Waals surface area contributed by atoms with Gasteiger partial charge in [-0.05, 0) is 5.56 Å². The van der Waals surface area contributed by atoms with Crippen molar-refractivity contribution in [3.05, 3.63) is 48.6 Å². The fourth-order valence-corrected chi connectivity index (χ4v) is 2.60. The van der Waals surface area contributed by atoms with E-state index in [9.17, 15) is 5.11 Å². The van der Waals surface area contributed by atoms with Crippen LogP contribution >= 0.6 is 0 Å². The Bertz CT molecular complexity index is 450. The molecule has 0 aromatic heterocycles. The second kappa shape index (κ2) is 8.41. The molecule has 2 rings (SSSR count). The molecule has 0 radical (unpaired) electrons. The van der Waals surface area contributed by atoms with Crippen LogP contribution in [0.25, 0.3) is 0 Å². The highest BCUT2D eigenvalue weighted by Crippen LogP contribution is 2.28. The van der Waals surface area contributed by atoms with Crippen LogP contribution in [0.1, 0.15) is 12.0 Å². The molecule has 1 N–H and O–H groups in total. The Balaban J connectivity index is 2.00. The average Bonchev–Trinajstić information content (AvgIpc) is 2.59. The van der Waals surface area contributed by atoms with E-state index >= 15 is 0 Å². The van der Waals surface area contributed by atoms with Crippen LogP contribution in [0.4, 0.5) is 0 Å². The lowest BCUT2D eigenvalue weighted by Gasteiger charge is -2.41. The summed E-state index contributed by atoms with van der Waals surface area (Å²) in [4.78, 5) is 0. The zero-order valence-corrected chi connectivity index (χ0v) is 13.1. The Hall–Kier alpha value is -1.24. The number of aliphatic hydroxyl groups excluding tert-OH is 1. The fraction of sp³-hybridized carbons (Fsp3) is 0.529. The lowest BCUT2D eigenvalue weighted by Crippen LogP contribution is -2.53. The first-order chi connectivity index (χ1) is 10.7. The molecule has 0 saturated carbocycles. The van der Waals surface area contributed by atoms with Gasteiger partial charge in [-0.1, -0.05) is 36.4 Å². The lowest BCUT2D eigenvalue weighted by molar-refractivity contribution is -0.282. The summed E-state index contributed by atoms with van der Waals surface area (Å²) in [5.74, 6) is 0. The van der Waals surface area contributed by atoms with Gasteiger partial charge in [-0.25, -0.2) is 0 Å². The highest BCUT2D eigenvalue weighted by molar-refractivity contribution is 5.13. The minimum Gasteiger partial charge on any atom is -0.386 e. The second-order valence-electron chi connectivity index (χ2n) is 5.28. The lowest BCUT2D eigenvalue weighted by atomic mass is 9.98. The Morgan fingerprint density at radius 1 is 1.27 bits per heavy atom. The summed E-state index contributed by atoms with van der Waals surface area (Å²) >= 11 is 0. The van der Waals surface area contributed by atoms with Gasteiger partial charge in [-0.15, -0.1) is 6.58 Å². The van der Waals surface area contributed by atoms with Crippen LogP contribution in [0.5, 0.6) is 0 Å². The zero-order chi connectivity index (χ0) is 15.9. The van der Waals surface area contributed by atoms with Gasteiger partial charge in [0.2, 0.25) is 0 Å². The molecule has 0 bridgehead atoms. The Morgan fingerprint density at radius 2 is 2.00 bits per heavy atom. The molecule has 0 spiro atoms. The third kappa shape index (κ3) is 4.15. The van der Waals surface area contributed by atoms with Crippen molar-refractivity contribution in [2.45, 2.75) is 43.7 Å². The molecule has 5 heteroatoms. The minimum atomic E-state index is -0.808. The van der Waals surface area contributed by atoms with Crippen molar-refractivity contribution in [2.75, 3.05) is 14.2 Å². The molecule has 0 amide bonds. The molecule has 5 nitrogen and oxygen atoms in total. The molecule has 1 aliphatic rings. The second-order valence-corrected chi connectivity index (χ2v) is 5.28. The minimum absolute atomic E-state index is 0.261. The average molecular weight is 308 g/mol. The maximum Gasteiger partial charge on any atom is 0.184 e. The van der Waals surface area contributed by atoms with E-state index in [-0.39, 0.29) is 12.2 Å². The van der Waals surface area contributed by atoms with Gasteiger partial charge < -0.3 is 24.1 Å². The maximum atomic E-state index is 9.97. The monoisotopic (exact) mass is 308 g/mol. The number of benzene rings is 1. The van der Waals surface area contributed by atoms with Crippen molar-refractivity contribution < 1.29 is 24.1 Å². The number of hydrogen-bond acceptors (Lipinski definition) is 5. The Kier molecular flexibility index (Phi) is 6.54. The number of ether oxygens (including phenoxy) is 4. The van der Waals surface area contributed by atoms with E-state index in [1.807, 2.05) is 30.3 Å². The zero-order valence-electron chi connectivity index (χ0n) is 13.1. The van der Waals surface area contributed by atoms with Crippen LogP contribution in [-0.2, 0) is 25.6 Å². The van der Waals surface area contributed by atoms with E-state index in [0.717, 1.165) is 5.56 Å². The largest absolute Gasteiger partial charge is 0.386 e. The summed E-state index contributed by atoms with van der Waals surface area (Å²) in [6, 6.07) is 9.91. The van der Waals surface area contributed by atoms with Crippen LogP contribution in [0.3, 0.4) is 0 Å². The van der Waals surface area contributed by atoms with Crippen LogP contribution in [0.2, 0.25) is 0 Å². The van der Waals surface area contributed by atoms with E-state index in [1.54, 1.807) is 14.2 Å². The standard InChI is InChI=1S/C17H24O5/c1-4-13(18)16-14(19-2)10-15(17(20-3)22-16)21-11-12-8-6-5-7-9-12/h4-9,13-18H,1,10-11H2,2-3H3/t13-,14-,15+,16+,17?/m1/s1. The molecule has 1 fully saturated rings. The van der Waals surface area contributed by atoms with Gasteiger partial charge in [-0.3, -0.25) is 0 Å². The topological polar surface area (TPSA) is 57.2 Å². The van der Waals surface area contributed by atoms with Crippen molar-refractivity contribution in [2.24, 2.45) is 0 Å². The number of hydrogen-bond donors (Lipinski definition) is 1. The van der Waals surface area contributed by atoms with Gasteiger partial charge in [0.25, 0.3) is 0 Å². The third-order valence-corrected chi connectivity index (χ3v) is 3.85. The smallest absolute Gasteiger partial charge is 0.184 e. The van der Waals surface area contributed by atoms with Gasteiger partial charge in [0.1, 0.15) is 18.3 Å². The van der Waals surface area contributed by atoms with Gasteiger partial charge in [-0.2, -0.15) is 0 Å². The van der Waals surface area contributed by atoms with Crippen molar-refractivity contribution in [3.63, 3.8) is 0 Å². The number of methoxy groups -OCH3 is 2. The molecular weight excluding hydrogens is 284 g/mol. The third-order valence-electron chi connectivity index (χ3n) is 3.85. The maximum absolute atomic E-state index is 9.97. The molecule has 1 unspecified atom stereocenters. The van der Waals surface area contributed by atoms with E-state index < -0.39 is 18.5 Å². The normalized spacial score (nSPS) is 30.0. The fourth-order valence-electron chi connectivity index (χ4n) is 2.60. The van der Waals surface area contributed by atoms with Crippen LogP contribution in [-0.4, -0.2) is 50.0 Å². The Labute approximate surface area is 131 Å². The van der Waals surface area contributed by atoms with E-state index in [2.05, 4.69) is 6.58 Å². The van der Waals surface area contributed by atoms with Crippen molar-refractivity contribution in [3.8, 4) is 0 Å². The molecule has 1 saturated heterocycles. The predicted octanol–water partition coefficient (Wildman–Crippen LogP) is 1.90. The molecule has 1 heterocycles. The first kappa shape index (κ1) is 17.1.